The predicted octanol–water partition coefficient (Wildman–Crippen LogP) is 5.64. The molecule has 0 fully saturated rings. The van der Waals surface area contributed by atoms with Gasteiger partial charge in [0.15, 0.2) is 0 Å². The van der Waals surface area contributed by atoms with Crippen molar-refractivity contribution in [3.8, 4) is 0 Å². The van der Waals surface area contributed by atoms with Crippen LogP contribution in [0.15, 0.2) is 30.5 Å². The lowest BCUT2D eigenvalue weighted by Gasteiger charge is -2.16. The van der Waals surface area contributed by atoms with Crippen LogP contribution in [0.5, 0.6) is 0 Å². The summed E-state index contributed by atoms with van der Waals surface area (Å²) in [6.45, 7) is 8.85. The Balaban J connectivity index is 2.27. The van der Waals surface area contributed by atoms with Crippen molar-refractivity contribution in [3.63, 3.8) is 0 Å². The number of nitrogens with one attached hydrogen (secondary N) is 2. The Morgan fingerprint density at radius 2 is 1.88 bits per heavy atom. The van der Waals surface area contributed by atoms with E-state index < -0.39 is 0 Å². The zero-order valence-corrected chi connectivity index (χ0v) is 16.4. The Labute approximate surface area is 158 Å². The van der Waals surface area contributed by atoms with Gasteiger partial charge in [-0.1, -0.05) is 50.9 Å². The Morgan fingerprint density at radius 1 is 1.16 bits per heavy atom. The first-order chi connectivity index (χ1) is 11.8. The molecular formula is C19H23Cl2N3O. The van der Waals surface area contributed by atoms with Crippen molar-refractivity contribution in [2.24, 2.45) is 5.92 Å². The number of aromatic nitrogens is 1. The van der Waals surface area contributed by atoms with E-state index in [1.807, 2.05) is 19.9 Å². The molecule has 25 heavy (non-hydrogen) atoms. The fourth-order valence-corrected chi connectivity index (χ4v) is 2.78. The van der Waals surface area contributed by atoms with Crippen LogP contribution in [0.4, 0.5) is 11.5 Å². The van der Waals surface area contributed by atoms with Crippen LogP contribution in [0.2, 0.25) is 10.0 Å². The number of halogens is 2. The molecule has 1 heterocycles. The minimum Gasteiger partial charge on any atom is -0.352 e. The number of rotatable bonds is 6. The van der Waals surface area contributed by atoms with E-state index in [1.165, 1.54) is 0 Å². The number of nitrogens with zero attached hydrogens (tertiary/aromatic N) is 1. The maximum absolute atomic E-state index is 12.4. The second-order valence-corrected chi connectivity index (χ2v) is 7.51. The van der Waals surface area contributed by atoms with Crippen LogP contribution in [0.3, 0.4) is 0 Å². The van der Waals surface area contributed by atoms with Crippen molar-refractivity contribution >= 4 is 40.6 Å². The monoisotopic (exact) mass is 379 g/mol. The van der Waals surface area contributed by atoms with Crippen LogP contribution in [-0.4, -0.2) is 17.4 Å². The summed E-state index contributed by atoms with van der Waals surface area (Å²) < 4.78 is 0. The Hall–Kier alpha value is -1.78. The lowest BCUT2D eigenvalue weighted by molar-refractivity contribution is 0.0947. The topological polar surface area (TPSA) is 54.0 Å². The van der Waals surface area contributed by atoms with Crippen LogP contribution >= 0.6 is 23.2 Å². The Morgan fingerprint density at radius 3 is 2.48 bits per heavy atom. The van der Waals surface area contributed by atoms with E-state index >= 15 is 0 Å². The molecule has 2 aromatic rings. The highest BCUT2D eigenvalue weighted by Gasteiger charge is 2.16. The Bertz CT molecular complexity index is 760. The third kappa shape index (κ3) is 5.35. The minimum atomic E-state index is -0.0963. The van der Waals surface area contributed by atoms with Gasteiger partial charge in [0.1, 0.15) is 5.82 Å². The summed E-state index contributed by atoms with van der Waals surface area (Å²) in [6.07, 6.45) is 1.61. The molecule has 0 aliphatic carbocycles. The zero-order valence-electron chi connectivity index (χ0n) is 14.9. The average Bonchev–Trinajstić information content (AvgIpc) is 2.55. The van der Waals surface area contributed by atoms with E-state index in [0.717, 1.165) is 5.56 Å². The first-order valence-corrected chi connectivity index (χ1v) is 9.03. The fraction of sp³-hybridized carbons (Fsp3) is 0.368. The van der Waals surface area contributed by atoms with Gasteiger partial charge in [0.25, 0.3) is 5.91 Å². The second-order valence-electron chi connectivity index (χ2n) is 6.66. The maximum Gasteiger partial charge on any atom is 0.253 e. The van der Waals surface area contributed by atoms with Gasteiger partial charge in [0.05, 0.1) is 16.3 Å². The first-order valence-electron chi connectivity index (χ1n) is 8.28. The number of hydrogen-bond acceptors (Lipinski definition) is 3. The van der Waals surface area contributed by atoms with Gasteiger partial charge in [-0.05, 0) is 41.7 Å². The summed E-state index contributed by atoms with van der Waals surface area (Å²) in [5.41, 5.74) is 2.25. The van der Waals surface area contributed by atoms with Crippen LogP contribution < -0.4 is 10.6 Å². The van der Waals surface area contributed by atoms with Crippen LogP contribution in [0.1, 0.15) is 49.5 Å². The number of carbonyl (C=O) groups is 1. The number of amides is 1. The van der Waals surface area contributed by atoms with E-state index in [9.17, 15) is 4.79 Å². The highest BCUT2D eigenvalue weighted by Crippen LogP contribution is 2.29. The molecule has 0 aliphatic rings. The van der Waals surface area contributed by atoms with Crippen molar-refractivity contribution < 1.29 is 4.79 Å². The van der Waals surface area contributed by atoms with E-state index in [0.29, 0.717) is 39.6 Å². The van der Waals surface area contributed by atoms with Gasteiger partial charge in [-0.25, -0.2) is 4.98 Å². The molecule has 0 unspecified atom stereocenters. The van der Waals surface area contributed by atoms with Crippen LogP contribution in [0.25, 0.3) is 0 Å². The molecule has 1 aromatic heterocycles. The number of pyridine rings is 1. The van der Waals surface area contributed by atoms with Crippen molar-refractivity contribution in [2.75, 3.05) is 11.9 Å². The molecule has 134 valence electrons. The SMILES string of the molecule is CC(C)CNC(=O)c1cnc(Nc2ccc(Cl)cc2Cl)cc1C(C)C. The molecule has 0 spiro atoms. The molecule has 0 saturated carbocycles. The van der Waals surface area contributed by atoms with Crippen molar-refractivity contribution in [2.45, 2.75) is 33.6 Å². The molecule has 6 heteroatoms. The summed E-state index contributed by atoms with van der Waals surface area (Å²) in [5, 5.41) is 7.21. The smallest absolute Gasteiger partial charge is 0.253 e. The zero-order chi connectivity index (χ0) is 18.6. The molecule has 2 N–H and O–H groups in total. The standard InChI is InChI=1S/C19H23Cl2N3O/c1-11(2)9-23-19(25)15-10-22-18(8-14(15)12(3)4)24-17-6-5-13(20)7-16(17)21/h5-8,10-12H,9H2,1-4H3,(H,22,24)(H,23,25). The fourth-order valence-electron chi connectivity index (χ4n) is 2.33. The van der Waals surface area contributed by atoms with Gasteiger partial charge in [-0.15, -0.1) is 0 Å². The molecule has 4 nitrogen and oxygen atoms in total. The van der Waals surface area contributed by atoms with Gasteiger partial charge in [-0.3, -0.25) is 4.79 Å². The van der Waals surface area contributed by atoms with E-state index in [-0.39, 0.29) is 11.8 Å². The van der Waals surface area contributed by atoms with E-state index in [1.54, 1.807) is 24.4 Å². The van der Waals surface area contributed by atoms with Gasteiger partial charge < -0.3 is 10.6 Å². The van der Waals surface area contributed by atoms with E-state index in [2.05, 4.69) is 29.5 Å². The molecule has 0 saturated heterocycles. The third-order valence-corrected chi connectivity index (χ3v) is 4.22. The predicted molar refractivity (Wildman–Crippen MR) is 105 cm³/mol. The summed E-state index contributed by atoms with van der Waals surface area (Å²) in [4.78, 5) is 16.8. The number of benzene rings is 1. The van der Waals surface area contributed by atoms with E-state index in [4.69, 9.17) is 23.2 Å². The average molecular weight is 380 g/mol. The molecular weight excluding hydrogens is 357 g/mol. The van der Waals surface area contributed by atoms with Crippen molar-refractivity contribution in [3.05, 3.63) is 51.6 Å². The summed E-state index contributed by atoms with van der Waals surface area (Å²) >= 11 is 12.1. The number of anilines is 2. The maximum atomic E-state index is 12.4. The second kappa shape index (κ2) is 8.54. The van der Waals surface area contributed by atoms with Gasteiger partial charge >= 0.3 is 0 Å². The minimum absolute atomic E-state index is 0.0963. The number of hydrogen-bond donors (Lipinski definition) is 2. The third-order valence-electron chi connectivity index (χ3n) is 3.67. The molecule has 1 amide bonds. The van der Waals surface area contributed by atoms with Gasteiger partial charge in [-0.2, -0.15) is 0 Å². The van der Waals surface area contributed by atoms with Crippen LogP contribution in [0, 0.1) is 5.92 Å². The van der Waals surface area contributed by atoms with Gasteiger partial charge in [0, 0.05) is 17.8 Å². The molecule has 0 radical (unpaired) electrons. The first kappa shape index (κ1) is 19.5. The molecule has 0 bridgehead atoms. The summed E-state index contributed by atoms with van der Waals surface area (Å²) in [5.74, 6) is 1.12. The normalized spacial score (nSPS) is 11.0. The largest absolute Gasteiger partial charge is 0.352 e. The highest BCUT2D eigenvalue weighted by molar-refractivity contribution is 6.36. The highest BCUT2D eigenvalue weighted by atomic mass is 35.5. The summed E-state index contributed by atoms with van der Waals surface area (Å²) in [6, 6.07) is 7.11. The molecule has 0 aliphatic heterocycles. The van der Waals surface area contributed by atoms with Gasteiger partial charge in [0.2, 0.25) is 0 Å². The van der Waals surface area contributed by atoms with Crippen molar-refractivity contribution in [1.82, 2.24) is 10.3 Å². The van der Waals surface area contributed by atoms with Crippen molar-refractivity contribution in [1.29, 1.82) is 0 Å². The number of carbonyl (C=O) groups excluding carboxylic acids is 1. The molecule has 0 atom stereocenters. The molecule has 2 rings (SSSR count). The lowest BCUT2D eigenvalue weighted by Crippen LogP contribution is -2.28. The summed E-state index contributed by atoms with van der Waals surface area (Å²) in [7, 11) is 0. The van der Waals surface area contributed by atoms with Crippen LogP contribution in [-0.2, 0) is 0 Å². The Kier molecular flexibility index (Phi) is 6.68. The molecule has 1 aromatic carbocycles. The quantitative estimate of drug-likeness (QED) is 0.682. The lowest BCUT2D eigenvalue weighted by atomic mass is 9.98.